The Morgan fingerprint density at radius 3 is 2.40 bits per heavy atom. The molecule has 178 valence electrons. The number of pyridine rings is 1. The standard InChI is InChI=1S/C28H29N5O2/c34-28-12-11-22(19-33(28)23-5-1-2-6-23)25-16-29-17-26(30-25)27-15-24(31-35-27)21-9-7-20(8-10-21)18-32-13-3-4-14-32/h7-12,15-17,19,23H,1-6,13-14,18H2. The number of nitrogens with zero attached hydrogens (tertiary/aromatic N) is 5. The molecule has 0 radical (unpaired) electrons. The van der Waals surface area contributed by atoms with E-state index in [2.05, 4.69) is 39.3 Å². The van der Waals surface area contributed by atoms with Crippen molar-refractivity contribution in [3.63, 3.8) is 0 Å². The Labute approximate surface area is 204 Å². The Morgan fingerprint density at radius 2 is 1.60 bits per heavy atom. The van der Waals surface area contributed by atoms with Crippen molar-refractivity contribution in [1.29, 1.82) is 0 Å². The van der Waals surface area contributed by atoms with Gasteiger partial charge in [-0.2, -0.15) is 0 Å². The number of hydrogen-bond acceptors (Lipinski definition) is 6. The maximum Gasteiger partial charge on any atom is 0.250 e. The zero-order chi connectivity index (χ0) is 23.6. The van der Waals surface area contributed by atoms with Gasteiger partial charge in [-0.3, -0.25) is 14.7 Å². The molecule has 1 aromatic carbocycles. The third kappa shape index (κ3) is 4.68. The topological polar surface area (TPSA) is 77.1 Å². The summed E-state index contributed by atoms with van der Waals surface area (Å²) in [5.74, 6) is 0.569. The highest BCUT2D eigenvalue weighted by molar-refractivity contribution is 5.66. The first-order chi connectivity index (χ1) is 17.2. The van der Waals surface area contributed by atoms with Crippen molar-refractivity contribution in [2.24, 2.45) is 0 Å². The van der Waals surface area contributed by atoms with Crippen molar-refractivity contribution in [2.75, 3.05) is 13.1 Å². The maximum absolute atomic E-state index is 12.4. The number of rotatable bonds is 6. The van der Waals surface area contributed by atoms with Gasteiger partial charge in [-0.15, -0.1) is 0 Å². The van der Waals surface area contributed by atoms with Crippen molar-refractivity contribution in [2.45, 2.75) is 51.1 Å². The van der Waals surface area contributed by atoms with Crippen LogP contribution in [0.25, 0.3) is 34.0 Å². The average Bonchev–Trinajstić information content (AvgIpc) is 3.68. The Hall–Kier alpha value is -3.58. The fourth-order valence-electron chi connectivity index (χ4n) is 5.26. The van der Waals surface area contributed by atoms with E-state index in [1.54, 1.807) is 18.5 Å². The minimum absolute atomic E-state index is 0.0380. The van der Waals surface area contributed by atoms with Crippen molar-refractivity contribution < 1.29 is 4.52 Å². The molecule has 0 spiro atoms. The lowest BCUT2D eigenvalue weighted by Gasteiger charge is -2.14. The molecule has 2 fully saturated rings. The van der Waals surface area contributed by atoms with Crippen LogP contribution in [0.2, 0.25) is 0 Å². The Morgan fingerprint density at radius 1 is 0.857 bits per heavy atom. The van der Waals surface area contributed by atoms with Crippen LogP contribution in [-0.4, -0.2) is 37.7 Å². The lowest BCUT2D eigenvalue weighted by molar-refractivity contribution is 0.331. The van der Waals surface area contributed by atoms with Gasteiger partial charge in [0.25, 0.3) is 5.56 Å². The van der Waals surface area contributed by atoms with Crippen molar-refractivity contribution in [3.8, 4) is 34.0 Å². The lowest BCUT2D eigenvalue weighted by atomic mass is 10.1. The van der Waals surface area contributed by atoms with Gasteiger partial charge in [0, 0.05) is 42.0 Å². The van der Waals surface area contributed by atoms with E-state index < -0.39 is 0 Å². The first-order valence-corrected chi connectivity index (χ1v) is 12.6. The first kappa shape index (κ1) is 21.9. The molecule has 1 saturated carbocycles. The van der Waals surface area contributed by atoms with Crippen LogP contribution in [0.5, 0.6) is 0 Å². The van der Waals surface area contributed by atoms with Crippen molar-refractivity contribution in [3.05, 3.63) is 77.0 Å². The number of benzene rings is 1. The summed E-state index contributed by atoms with van der Waals surface area (Å²) in [6, 6.07) is 14.2. The maximum atomic E-state index is 12.4. The normalized spacial score (nSPS) is 16.8. The summed E-state index contributed by atoms with van der Waals surface area (Å²) < 4.78 is 7.50. The third-order valence-electron chi connectivity index (χ3n) is 7.20. The molecular weight excluding hydrogens is 438 g/mol. The molecule has 0 atom stereocenters. The molecule has 1 saturated heterocycles. The quantitative estimate of drug-likeness (QED) is 0.381. The van der Waals surface area contributed by atoms with Crippen LogP contribution in [0, 0.1) is 0 Å². The summed E-state index contributed by atoms with van der Waals surface area (Å²) in [7, 11) is 0. The van der Waals surface area contributed by atoms with Crippen molar-refractivity contribution in [1.82, 2.24) is 24.6 Å². The van der Waals surface area contributed by atoms with E-state index >= 15 is 0 Å². The van der Waals surface area contributed by atoms with E-state index in [1.165, 1.54) is 44.3 Å². The predicted octanol–water partition coefficient (Wildman–Crippen LogP) is 5.34. The van der Waals surface area contributed by atoms with Crippen molar-refractivity contribution >= 4 is 0 Å². The summed E-state index contributed by atoms with van der Waals surface area (Å²) in [6.07, 6.45) is 12.4. The van der Waals surface area contributed by atoms with Gasteiger partial charge in [-0.05, 0) is 50.4 Å². The molecule has 0 bridgehead atoms. The molecular formula is C28H29N5O2. The smallest absolute Gasteiger partial charge is 0.250 e. The molecule has 3 aromatic heterocycles. The van der Waals surface area contributed by atoms with E-state index in [0.717, 1.165) is 36.2 Å². The summed E-state index contributed by atoms with van der Waals surface area (Å²) in [5, 5.41) is 4.28. The average molecular weight is 468 g/mol. The molecule has 7 nitrogen and oxygen atoms in total. The SMILES string of the molecule is O=c1ccc(-c2cncc(-c3cc(-c4ccc(CN5CCCC5)cc4)no3)n2)cn1C1CCCC1. The van der Waals surface area contributed by atoms with E-state index in [-0.39, 0.29) is 11.6 Å². The number of aromatic nitrogens is 4. The van der Waals surface area contributed by atoms with Crippen LogP contribution in [0.3, 0.4) is 0 Å². The molecule has 1 aliphatic heterocycles. The summed E-state index contributed by atoms with van der Waals surface area (Å²) in [4.78, 5) is 24.1. The van der Waals surface area contributed by atoms with E-state index in [9.17, 15) is 4.79 Å². The van der Waals surface area contributed by atoms with E-state index in [1.807, 2.05) is 22.9 Å². The van der Waals surface area contributed by atoms with Crippen LogP contribution in [-0.2, 0) is 6.54 Å². The summed E-state index contributed by atoms with van der Waals surface area (Å²) >= 11 is 0. The van der Waals surface area contributed by atoms with Gasteiger partial charge in [0.05, 0.1) is 18.1 Å². The van der Waals surface area contributed by atoms with Gasteiger partial charge >= 0.3 is 0 Å². The van der Waals surface area contributed by atoms with Crippen LogP contribution >= 0.6 is 0 Å². The van der Waals surface area contributed by atoms with Crippen LogP contribution in [0.15, 0.2) is 70.4 Å². The van der Waals surface area contributed by atoms with Crippen LogP contribution in [0.1, 0.15) is 50.1 Å². The highest BCUT2D eigenvalue weighted by atomic mass is 16.5. The van der Waals surface area contributed by atoms with E-state index in [0.29, 0.717) is 17.1 Å². The second kappa shape index (κ2) is 9.58. The second-order valence-electron chi connectivity index (χ2n) is 9.65. The van der Waals surface area contributed by atoms with E-state index in [4.69, 9.17) is 9.51 Å². The minimum atomic E-state index is 0.0380. The molecule has 6 rings (SSSR count). The first-order valence-electron chi connectivity index (χ1n) is 12.6. The molecule has 35 heavy (non-hydrogen) atoms. The molecule has 4 heterocycles. The third-order valence-corrected chi connectivity index (χ3v) is 7.20. The molecule has 0 N–H and O–H groups in total. The Balaban J connectivity index is 1.22. The molecule has 2 aliphatic rings. The monoisotopic (exact) mass is 467 g/mol. The summed E-state index contributed by atoms with van der Waals surface area (Å²) in [5.41, 5.74) is 5.34. The second-order valence-corrected chi connectivity index (χ2v) is 9.65. The molecule has 0 amide bonds. The van der Waals surface area contributed by atoms with Crippen LogP contribution < -0.4 is 5.56 Å². The van der Waals surface area contributed by atoms with Crippen LogP contribution in [0.4, 0.5) is 0 Å². The minimum Gasteiger partial charge on any atom is -0.354 e. The molecule has 4 aromatic rings. The fourth-order valence-corrected chi connectivity index (χ4v) is 5.26. The Bertz CT molecular complexity index is 1360. The number of hydrogen-bond donors (Lipinski definition) is 0. The molecule has 7 heteroatoms. The lowest BCUT2D eigenvalue weighted by Crippen LogP contribution is -2.22. The molecule has 0 unspecified atom stereocenters. The molecule has 1 aliphatic carbocycles. The highest BCUT2D eigenvalue weighted by Gasteiger charge is 2.19. The zero-order valence-corrected chi connectivity index (χ0v) is 19.8. The number of likely N-dealkylation sites (tertiary alicyclic amines) is 1. The predicted molar refractivity (Wildman–Crippen MR) is 135 cm³/mol. The fraction of sp³-hybridized carbons (Fsp3) is 0.357. The van der Waals surface area contributed by atoms with Gasteiger partial charge in [0.15, 0.2) is 5.76 Å². The van der Waals surface area contributed by atoms with Gasteiger partial charge in [0.1, 0.15) is 11.4 Å². The van der Waals surface area contributed by atoms with Gasteiger partial charge in [-0.25, -0.2) is 4.98 Å². The largest absolute Gasteiger partial charge is 0.354 e. The highest BCUT2D eigenvalue weighted by Crippen LogP contribution is 2.30. The zero-order valence-electron chi connectivity index (χ0n) is 19.8. The van der Waals surface area contributed by atoms with Gasteiger partial charge < -0.3 is 9.09 Å². The summed E-state index contributed by atoms with van der Waals surface area (Å²) in [6.45, 7) is 3.38. The van der Waals surface area contributed by atoms with Gasteiger partial charge in [0.2, 0.25) is 0 Å². The van der Waals surface area contributed by atoms with Gasteiger partial charge in [-0.1, -0.05) is 42.3 Å². The Kier molecular flexibility index (Phi) is 6.00.